The first-order valence-corrected chi connectivity index (χ1v) is 16.3. The minimum atomic E-state index is -4.42. The Morgan fingerprint density at radius 1 is 1.03 bits per heavy atom. The summed E-state index contributed by atoms with van der Waals surface area (Å²) in [6.45, 7) is 10.6. The van der Waals surface area contributed by atoms with Crippen molar-refractivity contribution in [1.82, 2.24) is 5.32 Å². The Kier molecular flexibility index (Phi) is 8.47. The zero-order chi connectivity index (χ0) is 27.3. The van der Waals surface area contributed by atoms with Crippen molar-refractivity contribution in [2.45, 2.75) is 117 Å². The number of hydrogen-bond acceptors (Lipinski definition) is 6. The second kappa shape index (κ2) is 10.7. The van der Waals surface area contributed by atoms with Crippen molar-refractivity contribution in [3.8, 4) is 0 Å². The van der Waals surface area contributed by atoms with Crippen LogP contribution in [-0.4, -0.2) is 53.1 Å². The largest absolute Gasteiger partial charge is 0.748 e. The quantitative estimate of drug-likeness (QED) is 0.398. The van der Waals surface area contributed by atoms with Gasteiger partial charge in [-0.2, -0.15) is 0 Å². The van der Waals surface area contributed by atoms with Gasteiger partial charge >= 0.3 is 0 Å². The molecule has 0 aromatic carbocycles. The van der Waals surface area contributed by atoms with E-state index in [-0.39, 0.29) is 40.8 Å². The molecule has 214 valence electrons. The Labute approximate surface area is 224 Å². The Morgan fingerprint density at radius 3 is 2.38 bits per heavy atom. The Balaban J connectivity index is 1.40. The van der Waals surface area contributed by atoms with E-state index in [0.29, 0.717) is 42.4 Å². The maximum atomic E-state index is 12.7. The lowest BCUT2D eigenvalue weighted by molar-refractivity contribution is -0.175. The van der Waals surface area contributed by atoms with Gasteiger partial charge < -0.3 is 20.1 Å². The van der Waals surface area contributed by atoms with Crippen LogP contribution in [0.1, 0.15) is 98.8 Å². The molecule has 0 aromatic heterocycles. The molecule has 1 amide bonds. The fourth-order valence-corrected chi connectivity index (χ4v) is 10.5. The van der Waals surface area contributed by atoms with Gasteiger partial charge in [-0.1, -0.05) is 34.6 Å². The number of amides is 1. The normalized spacial score (nSPS) is 43.4. The molecular weight excluding hydrogens is 490 g/mol. The van der Waals surface area contributed by atoms with Gasteiger partial charge in [-0.05, 0) is 110 Å². The number of rotatable bonds is 8. The molecule has 0 saturated heterocycles. The first-order valence-electron chi connectivity index (χ1n) is 14.8. The lowest BCUT2D eigenvalue weighted by Crippen LogP contribution is -2.58. The summed E-state index contributed by atoms with van der Waals surface area (Å²) < 4.78 is 33.7. The third-order valence-corrected chi connectivity index (χ3v) is 12.6. The standard InChI is InChI=1S/C29H51NO6S/c1-17(2)25(16-37(34,35)36)30-27(33)11-6-18(3)22-9-10-23-21-8-7-19-14-20(31)12-13-28(19,4)24(21)15-26(32)29(22,23)5/h17-26,31-32H,6-16H2,1-5H3,(H,30,33)(H,34,35,36)/p-1/t18-,19-,20-,21+,22-,23+,24+,25+,26+,28+,29-/m1/s1. The molecule has 0 spiro atoms. The molecule has 0 unspecified atom stereocenters. The van der Waals surface area contributed by atoms with Crippen molar-refractivity contribution >= 4 is 16.0 Å². The van der Waals surface area contributed by atoms with E-state index in [1.54, 1.807) is 13.8 Å². The maximum Gasteiger partial charge on any atom is 0.220 e. The van der Waals surface area contributed by atoms with Crippen LogP contribution in [0.3, 0.4) is 0 Å². The van der Waals surface area contributed by atoms with Gasteiger partial charge in [0.15, 0.2) is 0 Å². The van der Waals surface area contributed by atoms with Crippen LogP contribution in [0.4, 0.5) is 0 Å². The lowest BCUT2D eigenvalue weighted by atomic mass is 9.43. The first kappa shape index (κ1) is 29.3. The Morgan fingerprint density at radius 2 is 1.73 bits per heavy atom. The summed E-state index contributed by atoms with van der Waals surface area (Å²) >= 11 is 0. The van der Waals surface area contributed by atoms with Crippen LogP contribution in [0.2, 0.25) is 0 Å². The lowest BCUT2D eigenvalue weighted by Gasteiger charge is -2.62. The summed E-state index contributed by atoms with van der Waals surface area (Å²) in [6.07, 6.45) is 8.79. The highest BCUT2D eigenvalue weighted by Gasteiger charge is 2.63. The zero-order valence-corrected chi connectivity index (χ0v) is 24.3. The minimum absolute atomic E-state index is 0.144. The van der Waals surface area contributed by atoms with Gasteiger partial charge in [0.1, 0.15) is 0 Å². The SMILES string of the molecule is CC(C)[C@H](CS(=O)(=O)[O-])NC(=O)CC[C@@H](C)[C@H]1CC[C@H]2[C@@H]3CC[C@@H]4C[C@H](O)CC[C@]4(C)[C@H]3C[C@H](O)[C@]12C. The second-order valence-electron chi connectivity index (χ2n) is 14.0. The number of aliphatic hydroxyl groups excluding tert-OH is 2. The monoisotopic (exact) mass is 540 g/mol. The van der Waals surface area contributed by atoms with Crippen LogP contribution in [-0.2, 0) is 14.9 Å². The number of carbonyl (C=O) groups excluding carboxylic acids is 1. The van der Waals surface area contributed by atoms with Gasteiger partial charge in [0.05, 0.1) is 28.1 Å². The van der Waals surface area contributed by atoms with E-state index in [9.17, 15) is 28.0 Å². The molecule has 8 heteroatoms. The molecule has 4 aliphatic rings. The van der Waals surface area contributed by atoms with Crippen molar-refractivity contribution < 1.29 is 28.0 Å². The summed E-state index contributed by atoms with van der Waals surface area (Å²) in [4.78, 5) is 12.7. The van der Waals surface area contributed by atoms with Gasteiger partial charge in [0.2, 0.25) is 5.91 Å². The minimum Gasteiger partial charge on any atom is -0.748 e. The third-order valence-electron chi connectivity index (χ3n) is 11.9. The molecule has 11 atom stereocenters. The van der Waals surface area contributed by atoms with E-state index < -0.39 is 21.9 Å². The van der Waals surface area contributed by atoms with Crippen LogP contribution in [0, 0.1) is 52.3 Å². The summed E-state index contributed by atoms with van der Waals surface area (Å²) in [5.41, 5.74) is 0.0717. The molecule has 0 aromatic rings. The summed E-state index contributed by atoms with van der Waals surface area (Å²) in [5.74, 6) is 1.91. The summed E-state index contributed by atoms with van der Waals surface area (Å²) in [6, 6.07) is -0.673. The van der Waals surface area contributed by atoms with Crippen LogP contribution < -0.4 is 5.32 Å². The van der Waals surface area contributed by atoms with Crippen LogP contribution in [0.15, 0.2) is 0 Å². The van der Waals surface area contributed by atoms with Gasteiger partial charge in [0.25, 0.3) is 0 Å². The smallest absolute Gasteiger partial charge is 0.220 e. The molecular formula is C29H50NO6S-. The van der Waals surface area contributed by atoms with Gasteiger partial charge in [-0.3, -0.25) is 4.79 Å². The molecule has 37 heavy (non-hydrogen) atoms. The van der Waals surface area contributed by atoms with E-state index in [2.05, 4.69) is 26.1 Å². The molecule has 0 heterocycles. The predicted octanol–water partition coefficient (Wildman–Crippen LogP) is 4.08. The topological polar surface area (TPSA) is 127 Å². The highest BCUT2D eigenvalue weighted by Crippen LogP contribution is 2.68. The number of nitrogens with one attached hydrogen (secondary N) is 1. The average Bonchev–Trinajstić information content (AvgIpc) is 3.16. The van der Waals surface area contributed by atoms with E-state index in [4.69, 9.17) is 0 Å². The van der Waals surface area contributed by atoms with Crippen LogP contribution in [0.25, 0.3) is 0 Å². The number of aliphatic hydroxyl groups is 2. The maximum absolute atomic E-state index is 12.7. The molecule has 0 bridgehead atoms. The third kappa shape index (κ3) is 5.64. The number of hydrogen-bond donors (Lipinski definition) is 3. The van der Waals surface area contributed by atoms with Crippen molar-refractivity contribution in [1.29, 1.82) is 0 Å². The Bertz CT molecular complexity index is 939. The van der Waals surface area contributed by atoms with E-state index in [1.807, 2.05) is 0 Å². The molecule has 4 rings (SSSR count). The van der Waals surface area contributed by atoms with Crippen molar-refractivity contribution in [3.05, 3.63) is 0 Å². The van der Waals surface area contributed by atoms with Crippen LogP contribution in [0.5, 0.6) is 0 Å². The highest BCUT2D eigenvalue weighted by molar-refractivity contribution is 7.85. The molecule has 4 saturated carbocycles. The van der Waals surface area contributed by atoms with Gasteiger partial charge in [0, 0.05) is 12.5 Å². The summed E-state index contributed by atoms with van der Waals surface area (Å²) in [7, 11) is -4.42. The van der Waals surface area contributed by atoms with E-state index in [0.717, 1.165) is 38.5 Å². The molecule has 4 fully saturated rings. The zero-order valence-electron chi connectivity index (χ0n) is 23.5. The van der Waals surface area contributed by atoms with Gasteiger partial charge in [-0.25, -0.2) is 8.42 Å². The van der Waals surface area contributed by atoms with E-state index >= 15 is 0 Å². The number of fused-ring (bicyclic) bond motifs is 5. The molecule has 4 aliphatic carbocycles. The predicted molar refractivity (Wildman–Crippen MR) is 142 cm³/mol. The Hall–Kier alpha value is -0.700. The van der Waals surface area contributed by atoms with E-state index in [1.165, 1.54) is 12.8 Å². The molecule has 0 aliphatic heterocycles. The summed E-state index contributed by atoms with van der Waals surface area (Å²) in [5, 5.41) is 24.8. The average molecular weight is 541 g/mol. The number of carbonyl (C=O) groups is 1. The fraction of sp³-hybridized carbons (Fsp3) is 0.966. The first-order chi connectivity index (χ1) is 17.2. The van der Waals surface area contributed by atoms with Gasteiger partial charge in [-0.15, -0.1) is 0 Å². The molecule has 0 radical (unpaired) electrons. The van der Waals surface area contributed by atoms with Crippen molar-refractivity contribution in [2.24, 2.45) is 52.3 Å². The molecule has 7 nitrogen and oxygen atoms in total. The highest BCUT2D eigenvalue weighted by atomic mass is 32.2. The van der Waals surface area contributed by atoms with Crippen molar-refractivity contribution in [2.75, 3.05) is 5.75 Å². The second-order valence-corrected chi connectivity index (χ2v) is 15.5. The fourth-order valence-electron chi connectivity index (χ4n) is 9.62. The molecule has 3 N–H and O–H groups in total. The van der Waals surface area contributed by atoms with Crippen LogP contribution >= 0.6 is 0 Å². The van der Waals surface area contributed by atoms with Crippen molar-refractivity contribution in [3.63, 3.8) is 0 Å².